The highest BCUT2D eigenvalue weighted by Crippen LogP contribution is 2.30. The molecule has 0 amide bonds. The van der Waals surface area contributed by atoms with Crippen molar-refractivity contribution in [1.29, 1.82) is 0 Å². The zero-order valence-electron chi connectivity index (χ0n) is 19.7. The minimum Gasteiger partial charge on any atom is -0.472 e. The van der Waals surface area contributed by atoms with Gasteiger partial charge in [-0.15, -0.1) is 0 Å². The number of nitrogens with zero attached hydrogens (tertiary/aromatic N) is 4. The summed E-state index contributed by atoms with van der Waals surface area (Å²) in [7, 11) is -3.53. The Morgan fingerprint density at radius 2 is 1.88 bits per heavy atom. The summed E-state index contributed by atoms with van der Waals surface area (Å²) in [6.07, 6.45) is 4.22. The van der Waals surface area contributed by atoms with Crippen molar-refractivity contribution < 1.29 is 13.2 Å². The Morgan fingerprint density at radius 1 is 1.09 bits per heavy atom. The van der Waals surface area contributed by atoms with Crippen LogP contribution in [0.15, 0.2) is 41.6 Å². The largest absolute Gasteiger partial charge is 0.472 e. The zero-order valence-corrected chi connectivity index (χ0v) is 20.5. The van der Waals surface area contributed by atoms with E-state index in [9.17, 15) is 8.42 Å². The van der Waals surface area contributed by atoms with Gasteiger partial charge in [0.15, 0.2) is 0 Å². The Morgan fingerprint density at radius 3 is 2.53 bits per heavy atom. The molecule has 2 atom stereocenters. The third kappa shape index (κ3) is 4.82. The fraction of sp³-hybridized carbons (Fsp3) is 0.583. The van der Waals surface area contributed by atoms with Gasteiger partial charge < -0.3 is 4.74 Å². The van der Waals surface area contributed by atoms with Gasteiger partial charge in [0, 0.05) is 38.6 Å². The van der Waals surface area contributed by atoms with Crippen LogP contribution in [0.25, 0.3) is 0 Å². The summed E-state index contributed by atoms with van der Waals surface area (Å²) >= 11 is 0. The van der Waals surface area contributed by atoms with Gasteiger partial charge in [-0.1, -0.05) is 46.8 Å². The molecule has 2 saturated heterocycles. The Kier molecular flexibility index (Phi) is 6.31. The van der Waals surface area contributed by atoms with Crippen LogP contribution in [0.4, 0.5) is 0 Å². The number of rotatable bonds is 5. The van der Waals surface area contributed by atoms with Gasteiger partial charge >= 0.3 is 0 Å². The number of ether oxygens (including phenoxy) is 1. The Labute approximate surface area is 191 Å². The summed E-state index contributed by atoms with van der Waals surface area (Å²) in [5.41, 5.74) is 1.87. The molecule has 2 fully saturated rings. The lowest BCUT2D eigenvalue weighted by atomic mass is 9.87. The fourth-order valence-electron chi connectivity index (χ4n) is 4.40. The quantitative estimate of drug-likeness (QED) is 0.683. The third-order valence-corrected chi connectivity index (χ3v) is 8.27. The molecule has 0 spiro atoms. The van der Waals surface area contributed by atoms with Crippen LogP contribution in [0.1, 0.15) is 58.2 Å². The van der Waals surface area contributed by atoms with E-state index in [4.69, 9.17) is 4.74 Å². The van der Waals surface area contributed by atoms with Gasteiger partial charge in [0.05, 0.1) is 23.0 Å². The van der Waals surface area contributed by atoms with Crippen LogP contribution in [0.5, 0.6) is 5.88 Å². The SMILES string of the molecule is CC(C)c1cnc(O[C@@H]2C[C@H]3CN(S(=O)(=O)c4cccc(C(C)(C)C)c4)CCN3C2)cn1. The van der Waals surface area contributed by atoms with E-state index in [1.165, 1.54) is 0 Å². The summed E-state index contributed by atoms with van der Waals surface area (Å²) in [4.78, 5) is 11.5. The lowest BCUT2D eigenvalue weighted by molar-refractivity contribution is 0.151. The number of hydrogen-bond donors (Lipinski definition) is 0. The van der Waals surface area contributed by atoms with E-state index < -0.39 is 10.0 Å². The lowest BCUT2D eigenvalue weighted by Crippen LogP contribution is -2.51. The molecule has 0 aliphatic carbocycles. The fourth-order valence-corrected chi connectivity index (χ4v) is 5.91. The molecule has 2 aliphatic heterocycles. The van der Waals surface area contributed by atoms with Crippen molar-refractivity contribution in [2.45, 2.75) is 69.4 Å². The van der Waals surface area contributed by atoms with Crippen molar-refractivity contribution in [3.8, 4) is 5.88 Å². The van der Waals surface area contributed by atoms with E-state index in [-0.39, 0.29) is 17.6 Å². The second-order valence-electron chi connectivity index (χ2n) is 10.2. The zero-order chi connectivity index (χ0) is 23.1. The van der Waals surface area contributed by atoms with E-state index in [0.717, 1.165) is 24.2 Å². The molecule has 0 N–H and O–H groups in total. The second kappa shape index (κ2) is 8.72. The number of benzene rings is 1. The number of hydrogen-bond acceptors (Lipinski definition) is 6. The predicted molar refractivity (Wildman–Crippen MR) is 124 cm³/mol. The number of sulfonamides is 1. The van der Waals surface area contributed by atoms with Crippen molar-refractivity contribution >= 4 is 10.0 Å². The number of fused-ring (bicyclic) bond motifs is 1. The smallest absolute Gasteiger partial charge is 0.243 e. The van der Waals surface area contributed by atoms with Crippen molar-refractivity contribution in [1.82, 2.24) is 19.2 Å². The van der Waals surface area contributed by atoms with Gasteiger partial charge in [-0.05, 0) is 29.0 Å². The molecule has 1 aromatic heterocycles. The first-order valence-corrected chi connectivity index (χ1v) is 12.8. The topological polar surface area (TPSA) is 75.6 Å². The van der Waals surface area contributed by atoms with E-state index in [1.807, 2.05) is 18.2 Å². The first-order chi connectivity index (χ1) is 15.0. The minimum atomic E-state index is -3.53. The second-order valence-corrected chi connectivity index (χ2v) is 12.1. The first-order valence-electron chi connectivity index (χ1n) is 11.4. The molecular weight excluding hydrogens is 424 g/mol. The van der Waals surface area contributed by atoms with Crippen LogP contribution in [0.2, 0.25) is 0 Å². The van der Waals surface area contributed by atoms with E-state index in [0.29, 0.717) is 36.3 Å². The predicted octanol–water partition coefficient (Wildman–Crippen LogP) is 3.42. The van der Waals surface area contributed by atoms with Crippen molar-refractivity contribution in [2.24, 2.45) is 0 Å². The molecule has 1 aromatic carbocycles. The van der Waals surface area contributed by atoms with Crippen LogP contribution in [0.3, 0.4) is 0 Å². The molecule has 7 nitrogen and oxygen atoms in total. The van der Waals surface area contributed by atoms with Crippen molar-refractivity contribution in [2.75, 3.05) is 26.2 Å². The maximum absolute atomic E-state index is 13.4. The van der Waals surface area contributed by atoms with Gasteiger partial charge in [0.1, 0.15) is 6.10 Å². The number of piperazine rings is 1. The number of aromatic nitrogens is 2. The maximum atomic E-state index is 13.4. The monoisotopic (exact) mass is 458 g/mol. The van der Waals surface area contributed by atoms with Gasteiger partial charge in [-0.3, -0.25) is 9.88 Å². The normalized spacial score (nSPS) is 22.8. The van der Waals surface area contributed by atoms with Crippen molar-refractivity contribution in [3.05, 3.63) is 47.9 Å². The minimum absolute atomic E-state index is 0.00827. The average molecular weight is 459 g/mol. The molecule has 32 heavy (non-hydrogen) atoms. The first kappa shape index (κ1) is 23.1. The molecular formula is C24H34N4O3S. The average Bonchev–Trinajstić information content (AvgIpc) is 3.15. The van der Waals surface area contributed by atoms with Gasteiger partial charge in [0.25, 0.3) is 0 Å². The van der Waals surface area contributed by atoms with E-state index in [1.54, 1.807) is 22.8 Å². The standard InChI is InChI=1S/C24H34N4O3S/c1-17(2)22-13-26-23(14-25-22)31-20-12-19-15-28(10-9-27(19)16-20)32(29,30)21-8-6-7-18(11-21)24(3,4)5/h6-8,11,13-14,17,19-20H,9-10,12,15-16H2,1-5H3/t19-,20+/m0/s1. The molecule has 2 aromatic rings. The van der Waals surface area contributed by atoms with Crippen LogP contribution >= 0.6 is 0 Å². The maximum Gasteiger partial charge on any atom is 0.243 e. The third-order valence-electron chi connectivity index (χ3n) is 6.41. The molecule has 4 rings (SSSR count). The highest BCUT2D eigenvalue weighted by atomic mass is 32.2. The summed E-state index contributed by atoms with van der Waals surface area (Å²) in [5.74, 6) is 0.858. The van der Waals surface area contributed by atoms with Crippen LogP contribution < -0.4 is 4.74 Å². The summed E-state index contributed by atoms with van der Waals surface area (Å²) < 4.78 is 34.5. The van der Waals surface area contributed by atoms with Crippen molar-refractivity contribution in [3.63, 3.8) is 0 Å². The molecule has 174 valence electrons. The van der Waals surface area contributed by atoms with E-state index in [2.05, 4.69) is 49.5 Å². The highest BCUT2D eigenvalue weighted by molar-refractivity contribution is 7.89. The molecule has 8 heteroatoms. The molecule has 3 heterocycles. The lowest BCUT2D eigenvalue weighted by Gasteiger charge is -2.36. The Bertz CT molecular complexity index is 1050. The highest BCUT2D eigenvalue weighted by Gasteiger charge is 2.41. The van der Waals surface area contributed by atoms with Gasteiger partial charge in [-0.25, -0.2) is 13.4 Å². The molecule has 0 bridgehead atoms. The molecule has 0 saturated carbocycles. The van der Waals surface area contributed by atoms with Crippen LogP contribution in [-0.2, 0) is 15.4 Å². The van der Waals surface area contributed by atoms with E-state index >= 15 is 0 Å². The molecule has 0 unspecified atom stereocenters. The summed E-state index contributed by atoms with van der Waals surface area (Å²) in [6, 6.07) is 7.51. The Balaban J connectivity index is 1.42. The molecule has 2 aliphatic rings. The van der Waals surface area contributed by atoms with Gasteiger partial charge in [0.2, 0.25) is 15.9 Å². The van der Waals surface area contributed by atoms with Gasteiger partial charge in [-0.2, -0.15) is 4.31 Å². The van der Waals surface area contributed by atoms with Crippen LogP contribution in [-0.4, -0.2) is 65.9 Å². The van der Waals surface area contributed by atoms with Crippen LogP contribution in [0, 0.1) is 0 Å². The Hall–Kier alpha value is -2.03. The summed E-state index contributed by atoms with van der Waals surface area (Å²) in [5, 5.41) is 0. The molecule has 0 radical (unpaired) electrons. The summed E-state index contributed by atoms with van der Waals surface area (Å²) in [6.45, 7) is 12.9.